The minimum atomic E-state index is 0.117. The Morgan fingerprint density at radius 2 is 1.47 bits per heavy atom. The van der Waals surface area contributed by atoms with Crippen molar-refractivity contribution in [3.63, 3.8) is 0 Å². The number of piperazine rings is 1. The van der Waals surface area contributed by atoms with E-state index in [4.69, 9.17) is 0 Å². The SMILES string of the molecule is Cc1ccc([C@H](c2nnnn2Cc2ccccc2)[NH+]2CC[NH+](c3ccccc3)CC2)cc1. The normalized spacial score (nSPS) is 19.5. The third-order valence-electron chi connectivity index (χ3n) is 6.49. The molecule has 4 aromatic rings. The number of nitrogens with one attached hydrogen (secondary N) is 2. The number of aryl methyl sites for hydroxylation is 1. The van der Waals surface area contributed by atoms with Crippen LogP contribution in [0, 0.1) is 6.92 Å². The molecular formula is C26H30N6+2. The molecule has 0 aliphatic carbocycles. The van der Waals surface area contributed by atoms with Gasteiger partial charge in [-0.25, -0.2) is 4.68 Å². The zero-order valence-electron chi connectivity index (χ0n) is 18.5. The van der Waals surface area contributed by atoms with Crippen molar-refractivity contribution in [1.29, 1.82) is 0 Å². The van der Waals surface area contributed by atoms with Crippen LogP contribution in [-0.4, -0.2) is 46.4 Å². The summed E-state index contributed by atoms with van der Waals surface area (Å²) in [7, 11) is 0. The molecule has 5 rings (SSSR count). The molecule has 2 N–H and O–H groups in total. The quantitative estimate of drug-likeness (QED) is 0.488. The van der Waals surface area contributed by atoms with Crippen LogP contribution < -0.4 is 9.80 Å². The van der Waals surface area contributed by atoms with Crippen molar-refractivity contribution < 1.29 is 9.80 Å². The molecule has 1 aliphatic heterocycles. The first-order valence-corrected chi connectivity index (χ1v) is 11.4. The second kappa shape index (κ2) is 9.42. The van der Waals surface area contributed by atoms with E-state index in [1.165, 1.54) is 27.3 Å². The summed E-state index contributed by atoms with van der Waals surface area (Å²) in [6.07, 6.45) is 0. The average Bonchev–Trinajstić information content (AvgIpc) is 3.30. The predicted octanol–water partition coefficient (Wildman–Crippen LogP) is 1.23. The molecular weight excluding hydrogens is 396 g/mol. The number of hydrogen-bond acceptors (Lipinski definition) is 3. The standard InChI is InChI=1S/C26H28N6/c1-21-12-14-23(15-13-21)25(26-27-28-29-32(26)20-22-8-4-2-5-9-22)31-18-16-30(17-19-31)24-10-6-3-7-11-24/h2-15,25H,16-20H2,1H3/p+2/t25-/m1/s1. The number of rotatable bonds is 6. The molecule has 162 valence electrons. The Hall–Kier alpha value is -3.35. The van der Waals surface area contributed by atoms with E-state index in [1.807, 2.05) is 10.7 Å². The Balaban J connectivity index is 1.43. The van der Waals surface area contributed by atoms with E-state index in [0.29, 0.717) is 6.54 Å². The molecule has 1 fully saturated rings. The molecule has 0 unspecified atom stereocenters. The van der Waals surface area contributed by atoms with E-state index in [2.05, 4.69) is 101 Å². The van der Waals surface area contributed by atoms with Crippen molar-refractivity contribution in [2.24, 2.45) is 0 Å². The van der Waals surface area contributed by atoms with Gasteiger partial charge in [0.1, 0.15) is 31.9 Å². The van der Waals surface area contributed by atoms with Crippen LogP contribution >= 0.6 is 0 Å². The van der Waals surface area contributed by atoms with Crippen molar-refractivity contribution in [2.75, 3.05) is 26.2 Å². The van der Waals surface area contributed by atoms with Crippen molar-refractivity contribution in [3.8, 4) is 0 Å². The fraction of sp³-hybridized carbons (Fsp3) is 0.269. The number of hydrogen-bond donors (Lipinski definition) is 2. The van der Waals surface area contributed by atoms with Gasteiger partial charge in [-0.1, -0.05) is 78.4 Å². The van der Waals surface area contributed by atoms with Crippen LogP contribution in [0.1, 0.15) is 28.6 Å². The molecule has 1 saturated heterocycles. The number of aromatic nitrogens is 4. The Bertz CT molecular complexity index is 1120. The lowest BCUT2D eigenvalue weighted by Crippen LogP contribution is -3.26. The monoisotopic (exact) mass is 426 g/mol. The highest BCUT2D eigenvalue weighted by molar-refractivity contribution is 5.28. The van der Waals surface area contributed by atoms with Crippen LogP contribution in [-0.2, 0) is 6.54 Å². The summed E-state index contributed by atoms with van der Waals surface area (Å²) in [5.74, 6) is 0.941. The van der Waals surface area contributed by atoms with E-state index in [9.17, 15) is 0 Å². The molecule has 3 aromatic carbocycles. The largest absolute Gasteiger partial charge is 0.313 e. The summed E-state index contributed by atoms with van der Waals surface area (Å²) >= 11 is 0. The molecule has 1 aromatic heterocycles. The van der Waals surface area contributed by atoms with E-state index in [0.717, 1.165) is 32.0 Å². The molecule has 6 heteroatoms. The summed E-state index contributed by atoms with van der Waals surface area (Å²) < 4.78 is 1.98. The average molecular weight is 427 g/mol. The van der Waals surface area contributed by atoms with Gasteiger partial charge in [-0.3, -0.25) is 4.90 Å². The second-order valence-corrected chi connectivity index (χ2v) is 8.65. The number of quaternary nitrogens is 2. The third kappa shape index (κ3) is 4.47. The van der Waals surface area contributed by atoms with Crippen molar-refractivity contribution in [2.45, 2.75) is 19.5 Å². The Labute approximate surface area is 189 Å². The van der Waals surface area contributed by atoms with Gasteiger partial charge < -0.3 is 4.90 Å². The fourth-order valence-electron chi connectivity index (χ4n) is 4.74. The van der Waals surface area contributed by atoms with Crippen LogP contribution in [0.15, 0.2) is 84.9 Å². The minimum absolute atomic E-state index is 0.117. The molecule has 0 amide bonds. The van der Waals surface area contributed by atoms with Gasteiger partial charge >= 0.3 is 0 Å². The Kier molecular flexibility index (Phi) is 6.05. The first-order chi connectivity index (χ1) is 15.8. The molecule has 2 heterocycles. The smallest absolute Gasteiger partial charge is 0.214 e. The summed E-state index contributed by atoms with van der Waals surface area (Å²) in [6.45, 7) is 7.15. The van der Waals surface area contributed by atoms with E-state index in [1.54, 1.807) is 4.90 Å². The molecule has 0 saturated carbocycles. The van der Waals surface area contributed by atoms with Gasteiger partial charge in [-0.15, -0.1) is 5.10 Å². The predicted molar refractivity (Wildman–Crippen MR) is 124 cm³/mol. The molecule has 6 nitrogen and oxygen atoms in total. The van der Waals surface area contributed by atoms with Crippen LogP contribution in [0.4, 0.5) is 5.69 Å². The Morgan fingerprint density at radius 1 is 0.812 bits per heavy atom. The molecule has 0 spiro atoms. The lowest BCUT2D eigenvalue weighted by Gasteiger charge is -2.34. The van der Waals surface area contributed by atoms with Crippen LogP contribution in [0.3, 0.4) is 0 Å². The van der Waals surface area contributed by atoms with Crippen LogP contribution in [0.25, 0.3) is 0 Å². The summed E-state index contributed by atoms with van der Waals surface area (Å²) in [6, 6.07) is 30.2. The maximum atomic E-state index is 4.54. The zero-order valence-corrected chi connectivity index (χ0v) is 18.5. The van der Waals surface area contributed by atoms with Gasteiger partial charge in [0.15, 0.2) is 6.04 Å². The highest BCUT2D eigenvalue weighted by Gasteiger charge is 2.36. The topological polar surface area (TPSA) is 52.5 Å². The van der Waals surface area contributed by atoms with Crippen molar-refractivity contribution in [1.82, 2.24) is 20.2 Å². The van der Waals surface area contributed by atoms with E-state index < -0.39 is 0 Å². The van der Waals surface area contributed by atoms with Gasteiger partial charge in [-0.2, -0.15) is 0 Å². The number of nitrogens with zero attached hydrogens (tertiary/aromatic N) is 4. The number of tetrazole rings is 1. The summed E-state index contributed by atoms with van der Waals surface area (Å²) in [5, 5.41) is 13.0. The van der Waals surface area contributed by atoms with Gasteiger partial charge in [-0.05, 0) is 35.0 Å². The fourth-order valence-corrected chi connectivity index (χ4v) is 4.74. The van der Waals surface area contributed by atoms with Crippen molar-refractivity contribution >= 4 is 5.69 Å². The number of benzene rings is 3. The van der Waals surface area contributed by atoms with E-state index in [-0.39, 0.29) is 6.04 Å². The molecule has 0 bridgehead atoms. The first-order valence-electron chi connectivity index (χ1n) is 11.4. The molecule has 32 heavy (non-hydrogen) atoms. The lowest BCUT2D eigenvalue weighted by molar-refractivity contribution is -1.00. The van der Waals surface area contributed by atoms with Crippen LogP contribution in [0.2, 0.25) is 0 Å². The summed E-state index contributed by atoms with van der Waals surface area (Å²) in [4.78, 5) is 3.08. The van der Waals surface area contributed by atoms with Gasteiger partial charge in [0.25, 0.3) is 0 Å². The van der Waals surface area contributed by atoms with Gasteiger partial charge in [0, 0.05) is 5.56 Å². The maximum absolute atomic E-state index is 4.54. The molecule has 0 radical (unpaired) electrons. The van der Waals surface area contributed by atoms with E-state index >= 15 is 0 Å². The van der Waals surface area contributed by atoms with Gasteiger partial charge in [0.2, 0.25) is 5.82 Å². The zero-order chi connectivity index (χ0) is 21.8. The Morgan fingerprint density at radius 3 is 2.16 bits per heavy atom. The van der Waals surface area contributed by atoms with Crippen molar-refractivity contribution in [3.05, 3.63) is 107 Å². The number of para-hydroxylation sites is 1. The second-order valence-electron chi connectivity index (χ2n) is 8.65. The van der Waals surface area contributed by atoms with Gasteiger partial charge in [0.05, 0.1) is 6.54 Å². The first kappa shape index (κ1) is 20.5. The molecule has 1 atom stereocenters. The maximum Gasteiger partial charge on any atom is 0.214 e. The molecule has 1 aliphatic rings. The van der Waals surface area contributed by atoms with Crippen LogP contribution in [0.5, 0.6) is 0 Å². The highest BCUT2D eigenvalue weighted by atomic mass is 15.6. The highest BCUT2D eigenvalue weighted by Crippen LogP contribution is 2.19. The summed E-state index contributed by atoms with van der Waals surface area (Å²) in [5.41, 5.74) is 5.13. The third-order valence-corrected chi connectivity index (χ3v) is 6.49. The minimum Gasteiger partial charge on any atom is -0.313 e. The lowest BCUT2D eigenvalue weighted by atomic mass is 10.0.